The molecule has 0 bridgehead atoms. The molecular formula is C7H3F3INO. The van der Waals surface area contributed by atoms with Crippen molar-refractivity contribution in [3.63, 3.8) is 0 Å². The number of aromatic nitrogens is 1. The van der Waals surface area contributed by atoms with Crippen LogP contribution in [0.1, 0.15) is 16.1 Å². The maximum atomic E-state index is 12.1. The van der Waals surface area contributed by atoms with Crippen LogP contribution in [0.5, 0.6) is 0 Å². The molecule has 0 saturated carbocycles. The SMILES string of the molecule is O=Cc1cc(I)cnc1C(F)(F)F. The molecule has 0 atom stereocenters. The molecule has 0 unspecified atom stereocenters. The summed E-state index contributed by atoms with van der Waals surface area (Å²) in [5, 5.41) is 0. The summed E-state index contributed by atoms with van der Waals surface area (Å²) in [6.07, 6.45) is -3.35. The van der Waals surface area contributed by atoms with Crippen LogP contribution in [0.3, 0.4) is 0 Å². The van der Waals surface area contributed by atoms with Crippen molar-refractivity contribution in [3.8, 4) is 0 Å². The van der Waals surface area contributed by atoms with Crippen LogP contribution in [-0.4, -0.2) is 11.3 Å². The van der Waals surface area contributed by atoms with E-state index in [1.54, 1.807) is 22.6 Å². The number of carbonyl (C=O) groups is 1. The number of hydrogen-bond acceptors (Lipinski definition) is 2. The van der Waals surface area contributed by atoms with Crippen molar-refractivity contribution in [1.82, 2.24) is 4.98 Å². The van der Waals surface area contributed by atoms with Crippen molar-refractivity contribution >= 4 is 28.9 Å². The average Bonchev–Trinajstić information content (AvgIpc) is 2.01. The molecule has 0 amide bonds. The molecule has 13 heavy (non-hydrogen) atoms. The fraction of sp³-hybridized carbons (Fsp3) is 0.143. The average molecular weight is 301 g/mol. The maximum absolute atomic E-state index is 12.1. The Morgan fingerprint density at radius 3 is 2.54 bits per heavy atom. The normalized spacial score (nSPS) is 11.4. The third-order valence-corrected chi connectivity index (χ3v) is 1.87. The van der Waals surface area contributed by atoms with Crippen molar-refractivity contribution in [2.45, 2.75) is 6.18 Å². The van der Waals surface area contributed by atoms with Crippen LogP contribution in [0.15, 0.2) is 12.3 Å². The number of halogens is 4. The molecule has 0 aliphatic carbocycles. The molecule has 0 saturated heterocycles. The Labute approximate surface area is 85.3 Å². The number of hydrogen-bond donors (Lipinski definition) is 0. The summed E-state index contributed by atoms with van der Waals surface area (Å²) in [4.78, 5) is 13.4. The number of nitrogens with zero attached hydrogens (tertiary/aromatic N) is 1. The molecule has 0 aromatic carbocycles. The molecule has 1 rings (SSSR count). The van der Waals surface area contributed by atoms with E-state index in [4.69, 9.17) is 0 Å². The smallest absolute Gasteiger partial charge is 0.298 e. The molecule has 0 aliphatic rings. The van der Waals surface area contributed by atoms with Crippen molar-refractivity contribution in [3.05, 3.63) is 27.1 Å². The highest BCUT2D eigenvalue weighted by atomic mass is 127. The van der Waals surface area contributed by atoms with Gasteiger partial charge in [-0.2, -0.15) is 13.2 Å². The van der Waals surface area contributed by atoms with Crippen LogP contribution in [0.4, 0.5) is 13.2 Å². The van der Waals surface area contributed by atoms with Crippen LogP contribution in [0.25, 0.3) is 0 Å². The first-order valence-corrected chi connectivity index (χ1v) is 4.21. The first-order valence-electron chi connectivity index (χ1n) is 3.13. The van der Waals surface area contributed by atoms with Crippen molar-refractivity contribution < 1.29 is 18.0 Å². The molecule has 0 radical (unpaired) electrons. The molecule has 0 N–H and O–H groups in total. The Bertz CT molecular complexity index is 337. The summed E-state index contributed by atoms with van der Waals surface area (Å²) >= 11 is 1.78. The first kappa shape index (κ1) is 10.4. The Hall–Kier alpha value is -0.660. The Balaban J connectivity index is 3.29. The van der Waals surface area contributed by atoms with Gasteiger partial charge < -0.3 is 0 Å². The lowest BCUT2D eigenvalue weighted by molar-refractivity contribution is -0.141. The Morgan fingerprint density at radius 2 is 2.08 bits per heavy atom. The second-order valence-corrected chi connectivity index (χ2v) is 3.45. The van der Waals surface area contributed by atoms with Gasteiger partial charge in [0.2, 0.25) is 0 Å². The number of carbonyl (C=O) groups excluding carboxylic acids is 1. The van der Waals surface area contributed by atoms with Crippen molar-refractivity contribution in [2.75, 3.05) is 0 Å². The molecule has 6 heteroatoms. The summed E-state index contributed by atoms with van der Waals surface area (Å²) in [6, 6.07) is 1.14. The van der Waals surface area contributed by atoms with Crippen LogP contribution in [0, 0.1) is 3.57 Å². The van der Waals surface area contributed by atoms with E-state index in [2.05, 4.69) is 4.98 Å². The van der Waals surface area contributed by atoms with Crippen LogP contribution >= 0.6 is 22.6 Å². The predicted molar refractivity (Wildman–Crippen MR) is 47.3 cm³/mol. The maximum Gasteiger partial charge on any atom is 0.434 e. The predicted octanol–water partition coefficient (Wildman–Crippen LogP) is 2.52. The monoisotopic (exact) mass is 301 g/mol. The van der Waals surface area contributed by atoms with E-state index in [1.165, 1.54) is 0 Å². The highest BCUT2D eigenvalue weighted by molar-refractivity contribution is 14.1. The van der Waals surface area contributed by atoms with Gasteiger partial charge in [0.15, 0.2) is 12.0 Å². The molecule has 1 aromatic heterocycles. The summed E-state index contributed by atoms with van der Waals surface area (Å²) in [7, 11) is 0. The highest BCUT2D eigenvalue weighted by Crippen LogP contribution is 2.29. The number of rotatable bonds is 1. The van der Waals surface area contributed by atoms with Gasteiger partial charge in [-0.05, 0) is 28.7 Å². The highest BCUT2D eigenvalue weighted by Gasteiger charge is 2.35. The minimum atomic E-state index is -4.57. The third kappa shape index (κ3) is 2.39. The summed E-state index contributed by atoms with van der Waals surface area (Å²) in [5.41, 5.74) is -1.57. The second-order valence-electron chi connectivity index (χ2n) is 2.21. The molecule has 2 nitrogen and oxygen atoms in total. The zero-order valence-corrected chi connectivity index (χ0v) is 8.26. The van der Waals surface area contributed by atoms with Crippen molar-refractivity contribution in [2.24, 2.45) is 0 Å². The lowest BCUT2D eigenvalue weighted by atomic mass is 10.2. The van der Waals surface area contributed by atoms with Gasteiger partial charge in [-0.3, -0.25) is 4.79 Å². The van der Waals surface area contributed by atoms with E-state index in [-0.39, 0.29) is 6.29 Å². The fourth-order valence-electron chi connectivity index (χ4n) is 0.782. The van der Waals surface area contributed by atoms with Gasteiger partial charge in [-0.25, -0.2) is 4.98 Å². The summed E-state index contributed by atoms with van der Waals surface area (Å²) in [6.45, 7) is 0. The van der Waals surface area contributed by atoms with Crippen LogP contribution in [0.2, 0.25) is 0 Å². The molecule has 0 spiro atoms. The van der Waals surface area contributed by atoms with Crippen molar-refractivity contribution in [1.29, 1.82) is 0 Å². The number of pyridine rings is 1. The van der Waals surface area contributed by atoms with Gasteiger partial charge in [0, 0.05) is 15.3 Å². The van der Waals surface area contributed by atoms with E-state index >= 15 is 0 Å². The minimum absolute atomic E-state index is 0.151. The van der Waals surface area contributed by atoms with Gasteiger partial charge in [0.05, 0.1) is 0 Å². The van der Waals surface area contributed by atoms with Gasteiger partial charge in [0.1, 0.15) is 0 Å². The number of alkyl halides is 3. The largest absolute Gasteiger partial charge is 0.434 e. The van der Waals surface area contributed by atoms with Crippen LogP contribution < -0.4 is 0 Å². The Morgan fingerprint density at radius 1 is 1.46 bits per heavy atom. The molecule has 0 aliphatic heterocycles. The first-order chi connectivity index (χ1) is 5.95. The third-order valence-electron chi connectivity index (χ3n) is 1.28. The molecule has 1 heterocycles. The zero-order chi connectivity index (χ0) is 10.1. The topological polar surface area (TPSA) is 30.0 Å². The zero-order valence-electron chi connectivity index (χ0n) is 6.10. The van der Waals surface area contributed by atoms with E-state index in [0.717, 1.165) is 12.3 Å². The second kappa shape index (κ2) is 3.60. The minimum Gasteiger partial charge on any atom is -0.298 e. The van der Waals surface area contributed by atoms with E-state index < -0.39 is 17.4 Å². The van der Waals surface area contributed by atoms with E-state index in [1.807, 2.05) is 0 Å². The summed E-state index contributed by atoms with van der Waals surface area (Å²) in [5.74, 6) is 0. The molecule has 70 valence electrons. The van der Waals surface area contributed by atoms with Gasteiger partial charge in [-0.15, -0.1) is 0 Å². The molecule has 1 aromatic rings. The fourth-order valence-corrected chi connectivity index (χ4v) is 1.26. The lowest BCUT2D eigenvalue weighted by Crippen LogP contribution is -2.11. The number of aldehydes is 1. The quantitative estimate of drug-likeness (QED) is 0.589. The Kier molecular flexibility index (Phi) is 2.89. The van der Waals surface area contributed by atoms with Gasteiger partial charge >= 0.3 is 6.18 Å². The van der Waals surface area contributed by atoms with Gasteiger partial charge in [-0.1, -0.05) is 0 Å². The molecular weight excluding hydrogens is 298 g/mol. The van der Waals surface area contributed by atoms with Gasteiger partial charge in [0.25, 0.3) is 0 Å². The van der Waals surface area contributed by atoms with Crippen LogP contribution in [-0.2, 0) is 6.18 Å². The molecule has 0 fully saturated rings. The lowest BCUT2D eigenvalue weighted by Gasteiger charge is -2.07. The van der Waals surface area contributed by atoms with E-state index in [0.29, 0.717) is 3.57 Å². The standard InChI is InChI=1S/C7H3F3INO/c8-7(9,10)6-4(3-13)1-5(11)2-12-6/h1-3H. The summed E-state index contributed by atoms with van der Waals surface area (Å²) < 4.78 is 36.9. The van der Waals surface area contributed by atoms with E-state index in [9.17, 15) is 18.0 Å².